The Labute approximate surface area is 171 Å². The molecular weight excluding hydrogens is 366 g/mol. The molecule has 1 N–H and O–H groups in total. The summed E-state index contributed by atoms with van der Waals surface area (Å²) in [4.78, 5) is 27.1. The highest BCUT2D eigenvalue weighted by Gasteiger charge is 2.30. The zero-order valence-corrected chi connectivity index (χ0v) is 17.2. The molecule has 0 bridgehead atoms. The van der Waals surface area contributed by atoms with Crippen molar-refractivity contribution in [1.29, 1.82) is 0 Å². The van der Waals surface area contributed by atoms with Gasteiger partial charge in [0.25, 0.3) is 0 Å². The Morgan fingerprint density at radius 2 is 1.79 bits per heavy atom. The first-order chi connectivity index (χ1) is 14.1. The summed E-state index contributed by atoms with van der Waals surface area (Å²) in [6, 6.07) is 10.3. The quantitative estimate of drug-likeness (QED) is 0.811. The Bertz CT molecular complexity index is 874. The van der Waals surface area contributed by atoms with Crippen LogP contribution in [0.4, 0.5) is 0 Å². The summed E-state index contributed by atoms with van der Waals surface area (Å²) in [5.41, 5.74) is 1.13. The number of carbonyl (C=O) groups is 1. The molecule has 4 rings (SSSR count). The van der Waals surface area contributed by atoms with Crippen molar-refractivity contribution in [3.05, 3.63) is 52.2 Å². The molecule has 1 saturated carbocycles. The van der Waals surface area contributed by atoms with Crippen LogP contribution in [-0.2, 0) is 18.4 Å². The summed E-state index contributed by atoms with van der Waals surface area (Å²) in [6.07, 6.45) is 6.44. The molecule has 1 amide bonds. The normalized spacial score (nSPS) is 18.9. The van der Waals surface area contributed by atoms with Crippen molar-refractivity contribution in [1.82, 2.24) is 24.6 Å². The number of hydrogen-bond acceptors (Lipinski definition) is 4. The molecule has 2 fully saturated rings. The number of piperidine rings is 1. The second-order valence-electron chi connectivity index (χ2n) is 8.39. The first-order valence-corrected chi connectivity index (χ1v) is 10.8. The molecule has 1 aliphatic carbocycles. The summed E-state index contributed by atoms with van der Waals surface area (Å²) in [5, 5.41) is 7.60. The van der Waals surface area contributed by atoms with Gasteiger partial charge in [-0.2, -0.15) is 5.10 Å². The van der Waals surface area contributed by atoms with Crippen LogP contribution in [0.2, 0.25) is 0 Å². The molecule has 7 nitrogen and oxygen atoms in total. The van der Waals surface area contributed by atoms with Crippen molar-refractivity contribution in [2.45, 2.75) is 57.0 Å². The first kappa shape index (κ1) is 19.9. The topological polar surface area (TPSA) is 72.2 Å². The number of aromatic nitrogens is 3. The van der Waals surface area contributed by atoms with E-state index in [1.807, 2.05) is 34.9 Å². The van der Waals surface area contributed by atoms with Crippen LogP contribution in [0.25, 0.3) is 0 Å². The number of nitrogens with one attached hydrogen (secondary N) is 1. The Balaban J connectivity index is 1.31. The number of likely N-dealkylation sites (tertiary alicyclic amines) is 1. The smallest absolute Gasteiger partial charge is 0.345 e. The zero-order valence-electron chi connectivity index (χ0n) is 17.2. The maximum atomic E-state index is 12.6. The molecule has 0 atom stereocenters. The summed E-state index contributed by atoms with van der Waals surface area (Å²) < 4.78 is 3.47. The minimum absolute atomic E-state index is 0.0228. The van der Waals surface area contributed by atoms with E-state index < -0.39 is 0 Å². The number of aryl methyl sites for hydroxylation is 1. The molecule has 156 valence electrons. The van der Waals surface area contributed by atoms with Crippen molar-refractivity contribution in [2.24, 2.45) is 7.05 Å². The highest BCUT2D eigenvalue weighted by Crippen LogP contribution is 2.33. The van der Waals surface area contributed by atoms with E-state index >= 15 is 0 Å². The van der Waals surface area contributed by atoms with Crippen molar-refractivity contribution >= 4 is 5.91 Å². The summed E-state index contributed by atoms with van der Waals surface area (Å²) in [7, 11) is 1.75. The highest BCUT2D eigenvalue weighted by atomic mass is 16.2. The molecule has 0 unspecified atom stereocenters. The Hall–Kier alpha value is -2.41. The van der Waals surface area contributed by atoms with Gasteiger partial charge in [-0.15, -0.1) is 0 Å². The first-order valence-electron chi connectivity index (χ1n) is 10.8. The average Bonchev–Trinajstić information content (AvgIpc) is 3.36. The van der Waals surface area contributed by atoms with Gasteiger partial charge in [0.05, 0.1) is 6.54 Å². The lowest BCUT2D eigenvalue weighted by Crippen LogP contribution is -2.41. The Morgan fingerprint density at radius 3 is 2.48 bits per heavy atom. The molecule has 1 saturated heterocycles. The van der Waals surface area contributed by atoms with Gasteiger partial charge in [-0.1, -0.05) is 43.2 Å². The lowest BCUT2D eigenvalue weighted by Gasteiger charge is -2.31. The predicted octanol–water partition coefficient (Wildman–Crippen LogP) is 2.19. The van der Waals surface area contributed by atoms with Crippen molar-refractivity contribution in [2.75, 3.05) is 19.6 Å². The average molecular weight is 398 g/mol. The maximum Gasteiger partial charge on any atom is 0.345 e. The molecule has 29 heavy (non-hydrogen) atoms. The fraction of sp³-hybridized carbons (Fsp3) is 0.591. The van der Waals surface area contributed by atoms with E-state index in [4.69, 9.17) is 0 Å². The van der Waals surface area contributed by atoms with E-state index in [1.54, 1.807) is 7.05 Å². The molecule has 0 spiro atoms. The van der Waals surface area contributed by atoms with Crippen LogP contribution in [0.5, 0.6) is 0 Å². The Morgan fingerprint density at radius 1 is 1.10 bits per heavy atom. The second-order valence-corrected chi connectivity index (χ2v) is 8.39. The molecule has 0 radical (unpaired) electrons. The number of rotatable bonds is 6. The van der Waals surface area contributed by atoms with E-state index in [9.17, 15) is 9.59 Å². The van der Waals surface area contributed by atoms with Gasteiger partial charge in [-0.05, 0) is 44.3 Å². The molecule has 2 aliphatic rings. The van der Waals surface area contributed by atoms with Crippen molar-refractivity contribution < 1.29 is 4.79 Å². The standard InChI is InChI=1S/C22H31N5O2/c1-25-22(29)27(19-9-5-6-10-19)21(24-25)18-11-13-26(14-12-18)16-20(28)23-15-17-7-3-2-4-8-17/h2-4,7-8,18-19H,5-6,9-16H2,1H3,(H,23,28). The van der Waals surface area contributed by atoms with E-state index in [1.165, 1.54) is 17.5 Å². The fourth-order valence-corrected chi connectivity index (χ4v) is 4.69. The van der Waals surface area contributed by atoms with Crippen LogP contribution in [-0.4, -0.2) is 44.8 Å². The van der Waals surface area contributed by atoms with Gasteiger partial charge >= 0.3 is 5.69 Å². The van der Waals surface area contributed by atoms with E-state index in [0.717, 1.165) is 50.2 Å². The van der Waals surface area contributed by atoms with Crippen LogP contribution in [0.3, 0.4) is 0 Å². The summed E-state index contributed by atoms with van der Waals surface area (Å²) in [6.45, 7) is 2.71. The van der Waals surface area contributed by atoms with Crippen LogP contribution in [0.15, 0.2) is 35.1 Å². The van der Waals surface area contributed by atoms with Crippen molar-refractivity contribution in [3.63, 3.8) is 0 Å². The third-order valence-electron chi connectivity index (χ3n) is 6.32. The monoisotopic (exact) mass is 397 g/mol. The van der Waals surface area contributed by atoms with E-state index in [-0.39, 0.29) is 11.6 Å². The van der Waals surface area contributed by atoms with E-state index in [0.29, 0.717) is 25.0 Å². The van der Waals surface area contributed by atoms with Gasteiger partial charge in [0.2, 0.25) is 5.91 Å². The minimum atomic E-state index is 0.0228. The van der Waals surface area contributed by atoms with Gasteiger partial charge in [0.1, 0.15) is 5.82 Å². The molecular formula is C22H31N5O2. The third kappa shape index (κ3) is 4.61. The maximum absolute atomic E-state index is 12.6. The molecule has 1 aromatic heterocycles. The predicted molar refractivity (Wildman–Crippen MR) is 112 cm³/mol. The third-order valence-corrected chi connectivity index (χ3v) is 6.32. The molecule has 2 aromatic rings. The number of benzene rings is 1. The highest BCUT2D eigenvalue weighted by molar-refractivity contribution is 5.78. The lowest BCUT2D eigenvalue weighted by atomic mass is 9.95. The SMILES string of the molecule is Cn1nc(C2CCN(CC(=O)NCc3ccccc3)CC2)n(C2CCCC2)c1=O. The van der Waals surface area contributed by atoms with Crippen LogP contribution < -0.4 is 11.0 Å². The molecule has 1 aliphatic heterocycles. The van der Waals surface area contributed by atoms with Gasteiger partial charge in [-0.3, -0.25) is 14.3 Å². The zero-order chi connectivity index (χ0) is 20.2. The minimum Gasteiger partial charge on any atom is -0.351 e. The van der Waals surface area contributed by atoms with Gasteiger partial charge in [-0.25, -0.2) is 9.48 Å². The number of carbonyl (C=O) groups excluding carboxylic acids is 1. The molecule has 2 heterocycles. The lowest BCUT2D eigenvalue weighted by molar-refractivity contribution is -0.122. The largest absolute Gasteiger partial charge is 0.351 e. The number of nitrogens with zero attached hydrogens (tertiary/aromatic N) is 4. The second kappa shape index (κ2) is 8.95. The summed E-state index contributed by atoms with van der Waals surface area (Å²) in [5.74, 6) is 1.32. The summed E-state index contributed by atoms with van der Waals surface area (Å²) >= 11 is 0. The molecule has 7 heteroatoms. The molecule has 1 aromatic carbocycles. The Kier molecular flexibility index (Phi) is 6.13. The van der Waals surface area contributed by atoms with Gasteiger partial charge in [0.15, 0.2) is 0 Å². The van der Waals surface area contributed by atoms with Crippen molar-refractivity contribution in [3.8, 4) is 0 Å². The van der Waals surface area contributed by atoms with Crippen LogP contribution in [0.1, 0.15) is 61.9 Å². The van der Waals surface area contributed by atoms with Gasteiger partial charge in [0, 0.05) is 25.6 Å². The van der Waals surface area contributed by atoms with Gasteiger partial charge < -0.3 is 5.32 Å². The van der Waals surface area contributed by atoms with Crippen LogP contribution in [0, 0.1) is 0 Å². The fourth-order valence-electron chi connectivity index (χ4n) is 4.69. The van der Waals surface area contributed by atoms with Crippen LogP contribution >= 0.6 is 0 Å². The number of amides is 1. The number of hydrogen-bond donors (Lipinski definition) is 1. The van der Waals surface area contributed by atoms with E-state index in [2.05, 4.69) is 15.3 Å².